The monoisotopic (exact) mass is 483 g/mol. The quantitative estimate of drug-likeness (QED) is 0.201. The SMILES string of the molecule is CCOCc1ncc(COCc2ccccc2)c(COCc2ccccc2)c1OCc1ccccc1. The van der Waals surface area contributed by atoms with Crippen LogP contribution in [0.1, 0.15) is 40.4 Å². The lowest BCUT2D eigenvalue weighted by molar-refractivity contribution is 0.0895. The lowest BCUT2D eigenvalue weighted by Gasteiger charge is -2.19. The van der Waals surface area contributed by atoms with E-state index in [1.165, 1.54) is 0 Å². The summed E-state index contributed by atoms with van der Waals surface area (Å²) < 4.78 is 24.3. The number of nitrogens with zero attached hydrogens (tertiary/aromatic N) is 1. The molecule has 0 aliphatic heterocycles. The van der Waals surface area contributed by atoms with E-state index < -0.39 is 0 Å². The van der Waals surface area contributed by atoms with Gasteiger partial charge in [-0.25, -0.2) is 0 Å². The van der Waals surface area contributed by atoms with Gasteiger partial charge in [-0.2, -0.15) is 0 Å². The molecule has 0 bridgehead atoms. The van der Waals surface area contributed by atoms with Crippen molar-refractivity contribution >= 4 is 0 Å². The van der Waals surface area contributed by atoms with Gasteiger partial charge in [0.1, 0.15) is 18.1 Å². The van der Waals surface area contributed by atoms with Gasteiger partial charge < -0.3 is 18.9 Å². The van der Waals surface area contributed by atoms with Crippen molar-refractivity contribution in [1.29, 1.82) is 0 Å². The third-order valence-electron chi connectivity index (χ3n) is 5.70. The molecule has 3 aromatic carbocycles. The average molecular weight is 484 g/mol. The molecular weight excluding hydrogens is 450 g/mol. The lowest BCUT2D eigenvalue weighted by Crippen LogP contribution is -2.10. The molecule has 0 aliphatic rings. The second kappa shape index (κ2) is 14.1. The number of ether oxygens (including phenoxy) is 4. The minimum atomic E-state index is 0.372. The molecule has 5 heteroatoms. The molecule has 0 atom stereocenters. The van der Waals surface area contributed by atoms with Crippen molar-refractivity contribution in [3.63, 3.8) is 0 Å². The first kappa shape index (κ1) is 25.6. The summed E-state index contributed by atoms with van der Waals surface area (Å²) >= 11 is 0. The van der Waals surface area contributed by atoms with E-state index in [-0.39, 0.29) is 0 Å². The second-order valence-electron chi connectivity index (χ2n) is 8.41. The highest BCUT2D eigenvalue weighted by Gasteiger charge is 2.18. The van der Waals surface area contributed by atoms with Gasteiger partial charge in [0.05, 0.1) is 33.0 Å². The molecule has 0 N–H and O–H groups in total. The molecule has 5 nitrogen and oxygen atoms in total. The van der Waals surface area contributed by atoms with Gasteiger partial charge >= 0.3 is 0 Å². The van der Waals surface area contributed by atoms with E-state index in [1.807, 2.05) is 79.9 Å². The van der Waals surface area contributed by atoms with E-state index in [2.05, 4.69) is 24.3 Å². The number of hydrogen-bond donors (Lipinski definition) is 0. The van der Waals surface area contributed by atoms with Crippen molar-refractivity contribution in [2.45, 2.75) is 46.6 Å². The minimum Gasteiger partial charge on any atom is -0.487 e. The van der Waals surface area contributed by atoms with Gasteiger partial charge in [0, 0.05) is 23.9 Å². The third-order valence-corrected chi connectivity index (χ3v) is 5.70. The predicted molar refractivity (Wildman–Crippen MR) is 140 cm³/mol. The van der Waals surface area contributed by atoms with Gasteiger partial charge in [0.15, 0.2) is 0 Å². The third kappa shape index (κ3) is 7.75. The van der Waals surface area contributed by atoms with E-state index in [9.17, 15) is 0 Å². The van der Waals surface area contributed by atoms with E-state index in [0.29, 0.717) is 52.0 Å². The fraction of sp³-hybridized carbons (Fsp3) is 0.258. The summed E-state index contributed by atoms with van der Waals surface area (Å²) in [5, 5.41) is 0. The first-order chi connectivity index (χ1) is 17.8. The molecule has 36 heavy (non-hydrogen) atoms. The Balaban J connectivity index is 1.56. The molecule has 0 spiro atoms. The van der Waals surface area contributed by atoms with Crippen molar-refractivity contribution < 1.29 is 18.9 Å². The normalized spacial score (nSPS) is 10.9. The van der Waals surface area contributed by atoms with Gasteiger partial charge in [0.2, 0.25) is 0 Å². The Morgan fingerprint density at radius 1 is 0.556 bits per heavy atom. The van der Waals surface area contributed by atoms with E-state index >= 15 is 0 Å². The first-order valence-corrected chi connectivity index (χ1v) is 12.3. The summed E-state index contributed by atoms with van der Waals surface area (Å²) in [4.78, 5) is 4.70. The summed E-state index contributed by atoms with van der Waals surface area (Å²) in [5.74, 6) is 0.709. The largest absolute Gasteiger partial charge is 0.487 e. The topological polar surface area (TPSA) is 49.8 Å². The molecule has 0 unspecified atom stereocenters. The molecule has 186 valence electrons. The van der Waals surface area contributed by atoms with Crippen LogP contribution in [-0.2, 0) is 53.9 Å². The molecule has 4 rings (SSSR count). The summed E-state index contributed by atoms with van der Waals surface area (Å²) in [5.41, 5.74) is 5.98. The molecule has 1 heterocycles. The Morgan fingerprint density at radius 2 is 1.08 bits per heavy atom. The summed E-state index contributed by atoms with van der Waals surface area (Å²) in [6.07, 6.45) is 1.86. The highest BCUT2D eigenvalue weighted by Crippen LogP contribution is 2.29. The molecule has 0 radical (unpaired) electrons. The van der Waals surface area contributed by atoms with E-state index in [0.717, 1.165) is 33.5 Å². The smallest absolute Gasteiger partial charge is 0.149 e. The van der Waals surface area contributed by atoms with Gasteiger partial charge in [-0.15, -0.1) is 0 Å². The number of rotatable bonds is 14. The highest BCUT2D eigenvalue weighted by atomic mass is 16.5. The van der Waals surface area contributed by atoms with Crippen LogP contribution in [0.15, 0.2) is 97.2 Å². The Morgan fingerprint density at radius 3 is 1.64 bits per heavy atom. The lowest BCUT2D eigenvalue weighted by atomic mass is 10.1. The van der Waals surface area contributed by atoms with Crippen LogP contribution in [0.2, 0.25) is 0 Å². The number of hydrogen-bond acceptors (Lipinski definition) is 5. The van der Waals surface area contributed by atoms with Crippen molar-refractivity contribution in [1.82, 2.24) is 4.98 Å². The van der Waals surface area contributed by atoms with Crippen molar-refractivity contribution in [3.8, 4) is 5.75 Å². The van der Waals surface area contributed by atoms with Gasteiger partial charge in [0.25, 0.3) is 0 Å². The fourth-order valence-electron chi connectivity index (χ4n) is 3.79. The maximum absolute atomic E-state index is 6.38. The van der Waals surface area contributed by atoms with Crippen LogP contribution in [0.3, 0.4) is 0 Å². The van der Waals surface area contributed by atoms with Gasteiger partial charge in [-0.1, -0.05) is 91.0 Å². The van der Waals surface area contributed by atoms with Crippen molar-refractivity contribution in [2.24, 2.45) is 0 Å². The van der Waals surface area contributed by atoms with Crippen LogP contribution in [-0.4, -0.2) is 11.6 Å². The Labute approximate surface area is 213 Å². The maximum atomic E-state index is 6.38. The zero-order chi connectivity index (χ0) is 24.8. The molecule has 1 aromatic heterocycles. The summed E-state index contributed by atoms with van der Waals surface area (Å²) in [6, 6.07) is 30.4. The fourth-order valence-corrected chi connectivity index (χ4v) is 3.79. The molecule has 0 fully saturated rings. The molecule has 0 amide bonds. The average Bonchev–Trinajstić information content (AvgIpc) is 2.93. The van der Waals surface area contributed by atoms with E-state index in [4.69, 9.17) is 23.9 Å². The van der Waals surface area contributed by atoms with Crippen molar-refractivity contribution in [3.05, 3.63) is 131 Å². The minimum absolute atomic E-state index is 0.372. The molecular formula is C31H33NO4. The first-order valence-electron chi connectivity index (χ1n) is 12.3. The molecule has 0 saturated carbocycles. The van der Waals surface area contributed by atoms with Gasteiger partial charge in [-0.05, 0) is 23.6 Å². The van der Waals surface area contributed by atoms with Crippen LogP contribution in [0, 0.1) is 0 Å². The Hall–Kier alpha value is -3.51. The zero-order valence-electron chi connectivity index (χ0n) is 20.8. The van der Waals surface area contributed by atoms with Crippen LogP contribution in [0.5, 0.6) is 5.75 Å². The van der Waals surface area contributed by atoms with Crippen LogP contribution < -0.4 is 4.74 Å². The predicted octanol–water partition coefficient (Wildman–Crippen LogP) is 6.63. The highest BCUT2D eigenvalue weighted by molar-refractivity contribution is 5.42. The standard InChI is InChI=1S/C31H33NO4/c1-2-33-24-30-31(36-21-27-16-10-5-11-17-27)29(23-35-20-26-14-8-4-9-15-26)28(18-32-30)22-34-19-25-12-6-3-7-13-25/h3-18H,2,19-24H2,1H3. The van der Waals surface area contributed by atoms with E-state index in [1.54, 1.807) is 0 Å². The summed E-state index contributed by atoms with van der Waals surface area (Å²) in [6.45, 7) is 5.19. The van der Waals surface area contributed by atoms with Crippen LogP contribution in [0.4, 0.5) is 0 Å². The second-order valence-corrected chi connectivity index (χ2v) is 8.41. The van der Waals surface area contributed by atoms with Crippen LogP contribution >= 0.6 is 0 Å². The number of benzene rings is 3. The Kier molecular flexibility index (Phi) is 10.1. The van der Waals surface area contributed by atoms with Crippen LogP contribution in [0.25, 0.3) is 0 Å². The number of aromatic nitrogens is 1. The Bertz CT molecular complexity index is 1170. The maximum Gasteiger partial charge on any atom is 0.149 e. The van der Waals surface area contributed by atoms with Gasteiger partial charge in [-0.3, -0.25) is 4.98 Å². The number of pyridine rings is 1. The van der Waals surface area contributed by atoms with Crippen molar-refractivity contribution in [2.75, 3.05) is 6.61 Å². The summed E-state index contributed by atoms with van der Waals surface area (Å²) in [7, 11) is 0. The molecule has 0 saturated heterocycles. The molecule has 4 aromatic rings. The zero-order valence-corrected chi connectivity index (χ0v) is 20.8. The molecule has 0 aliphatic carbocycles.